The number of nitrogens with one attached hydrogen (secondary N) is 1. The van der Waals surface area contributed by atoms with Crippen molar-refractivity contribution in [1.29, 1.82) is 0 Å². The summed E-state index contributed by atoms with van der Waals surface area (Å²) >= 11 is 2.92. The predicted molar refractivity (Wildman–Crippen MR) is 92.1 cm³/mol. The average molecular weight is 345 g/mol. The molecule has 2 aromatic carbocycles. The molecule has 3 rings (SSSR count). The lowest BCUT2D eigenvalue weighted by Crippen LogP contribution is -2.13. The van der Waals surface area contributed by atoms with E-state index < -0.39 is 4.92 Å². The number of carbonyl (C=O) groups excluding carboxylic acids is 1. The van der Waals surface area contributed by atoms with Gasteiger partial charge in [0.05, 0.1) is 20.9 Å². The number of benzene rings is 2. The molecule has 0 aliphatic heterocycles. The lowest BCUT2D eigenvalue weighted by Gasteiger charge is -2.03. The molecule has 0 unspecified atom stereocenters. The minimum absolute atomic E-state index is 0.00755. The first-order valence-corrected chi connectivity index (χ1v) is 8.45. The van der Waals surface area contributed by atoms with Crippen molar-refractivity contribution in [1.82, 2.24) is 4.98 Å². The molecule has 0 saturated heterocycles. The Morgan fingerprint density at radius 3 is 2.65 bits per heavy atom. The number of nitrogens with zero attached hydrogens (tertiary/aromatic N) is 2. The zero-order valence-corrected chi connectivity index (χ0v) is 13.4. The third-order valence-corrected chi connectivity index (χ3v) is 5.14. The largest absolute Gasteiger partial charge is 0.325 e. The summed E-state index contributed by atoms with van der Waals surface area (Å²) in [5, 5.41) is 13.3. The van der Waals surface area contributed by atoms with Crippen LogP contribution in [-0.4, -0.2) is 21.6 Å². The molecule has 0 spiro atoms. The van der Waals surface area contributed by atoms with Gasteiger partial charge in [0, 0.05) is 17.8 Å². The van der Waals surface area contributed by atoms with E-state index in [-0.39, 0.29) is 17.3 Å². The minimum Gasteiger partial charge on any atom is -0.325 e. The molecule has 1 aromatic heterocycles. The van der Waals surface area contributed by atoms with Crippen LogP contribution >= 0.6 is 23.1 Å². The Hall–Kier alpha value is -2.45. The smallest absolute Gasteiger partial charge is 0.269 e. The minimum atomic E-state index is -0.478. The van der Waals surface area contributed by atoms with Crippen LogP contribution < -0.4 is 5.32 Å². The van der Waals surface area contributed by atoms with E-state index in [1.54, 1.807) is 11.3 Å². The second-order valence-electron chi connectivity index (χ2n) is 4.59. The quantitative estimate of drug-likeness (QED) is 0.430. The van der Waals surface area contributed by atoms with E-state index in [4.69, 9.17) is 0 Å². The monoisotopic (exact) mass is 345 g/mol. The van der Waals surface area contributed by atoms with E-state index in [0.717, 1.165) is 14.6 Å². The third-order valence-electron chi connectivity index (χ3n) is 2.96. The van der Waals surface area contributed by atoms with E-state index >= 15 is 0 Å². The Bertz CT molecular complexity index is 829. The maximum Gasteiger partial charge on any atom is 0.269 e. The van der Waals surface area contributed by atoms with Gasteiger partial charge in [0.25, 0.3) is 5.69 Å². The summed E-state index contributed by atoms with van der Waals surface area (Å²) < 4.78 is 1.93. The summed E-state index contributed by atoms with van der Waals surface area (Å²) in [5.74, 6) is 0.0553. The number of thiazole rings is 1. The van der Waals surface area contributed by atoms with Crippen LogP contribution in [0.2, 0.25) is 0 Å². The first kappa shape index (κ1) is 15.4. The molecular weight excluding hydrogens is 334 g/mol. The van der Waals surface area contributed by atoms with Gasteiger partial charge in [0.15, 0.2) is 4.34 Å². The van der Waals surface area contributed by atoms with Gasteiger partial charge < -0.3 is 5.32 Å². The van der Waals surface area contributed by atoms with E-state index in [2.05, 4.69) is 10.3 Å². The highest BCUT2D eigenvalue weighted by atomic mass is 32.2. The summed E-state index contributed by atoms with van der Waals surface area (Å²) in [6, 6.07) is 13.6. The van der Waals surface area contributed by atoms with Crippen LogP contribution in [-0.2, 0) is 4.79 Å². The Kier molecular flexibility index (Phi) is 4.54. The number of nitro benzene ring substituents is 1. The summed E-state index contributed by atoms with van der Waals surface area (Å²) in [4.78, 5) is 26.5. The number of amides is 1. The van der Waals surface area contributed by atoms with Crippen LogP contribution in [0.4, 0.5) is 11.4 Å². The number of anilines is 1. The first-order chi connectivity index (χ1) is 11.1. The lowest BCUT2D eigenvalue weighted by atomic mass is 10.3. The first-order valence-electron chi connectivity index (χ1n) is 6.64. The molecule has 23 heavy (non-hydrogen) atoms. The molecule has 116 valence electrons. The fourth-order valence-corrected chi connectivity index (χ4v) is 3.77. The molecule has 0 fully saturated rings. The Morgan fingerprint density at radius 2 is 1.96 bits per heavy atom. The van der Waals surface area contributed by atoms with E-state index in [9.17, 15) is 14.9 Å². The maximum atomic E-state index is 11.9. The van der Waals surface area contributed by atoms with Gasteiger partial charge in [-0.25, -0.2) is 4.98 Å². The number of carbonyl (C=O) groups is 1. The molecular formula is C15H11N3O3S2. The Labute approximate surface area is 139 Å². The number of thioether (sulfide) groups is 1. The number of nitro groups is 1. The lowest BCUT2D eigenvalue weighted by molar-refractivity contribution is -0.384. The third kappa shape index (κ3) is 3.85. The van der Waals surface area contributed by atoms with Crippen molar-refractivity contribution in [3.05, 3.63) is 58.6 Å². The van der Waals surface area contributed by atoms with Crippen LogP contribution in [0.5, 0.6) is 0 Å². The second kappa shape index (κ2) is 6.76. The number of para-hydroxylation sites is 1. The highest BCUT2D eigenvalue weighted by Crippen LogP contribution is 2.29. The fraction of sp³-hybridized carbons (Fsp3) is 0.0667. The van der Waals surface area contributed by atoms with Crippen molar-refractivity contribution in [2.75, 3.05) is 11.1 Å². The van der Waals surface area contributed by atoms with Crippen molar-refractivity contribution >= 4 is 50.6 Å². The van der Waals surface area contributed by atoms with Crippen LogP contribution in [0.25, 0.3) is 10.2 Å². The number of aromatic nitrogens is 1. The molecule has 0 aliphatic rings. The number of hydrogen-bond acceptors (Lipinski definition) is 6. The Morgan fingerprint density at radius 1 is 1.22 bits per heavy atom. The topological polar surface area (TPSA) is 85.1 Å². The molecule has 0 atom stereocenters. The van der Waals surface area contributed by atoms with Gasteiger partial charge in [-0.3, -0.25) is 14.9 Å². The van der Waals surface area contributed by atoms with E-state index in [1.807, 2.05) is 24.3 Å². The molecule has 8 heteroatoms. The highest BCUT2D eigenvalue weighted by molar-refractivity contribution is 8.01. The standard InChI is InChI=1S/C15H11N3O3S2/c19-14(16-10-5-7-11(8-6-10)18(20)21)9-22-15-17-12-3-1-2-4-13(12)23-15/h1-8H,9H2,(H,16,19). The van der Waals surface area contributed by atoms with Crippen molar-refractivity contribution in [3.8, 4) is 0 Å². The molecule has 3 aromatic rings. The van der Waals surface area contributed by atoms with Crippen molar-refractivity contribution in [2.45, 2.75) is 4.34 Å². The molecule has 1 heterocycles. The van der Waals surface area contributed by atoms with Gasteiger partial charge >= 0.3 is 0 Å². The van der Waals surface area contributed by atoms with Crippen LogP contribution in [0.1, 0.15) is 0 Å². The summed E-state index contributed by atoms with van der Waals surface area (Å²) in [6.07, 6.45) is 0. The van der Waals surface area contributed by atoms with E-state index in [0.29, 0.717) is 5.69 Å². The normalized spacial score (nSPS) is 10.6. The highest BCUT2D eigenvalue weighted by Gasteiger charge is 2.09. The predicted octanol–water partition coefficient (Wildman–Crippen LogP) is 3.94. The Balaban J connectivity index is 1.57. The number of hydrogen-bond donors (Lipinski definition) is 1. The SMILES string of the molecule is O=C(CSc1nc2ccccc2s1)Nc1ccc([N+](=O)[O-])cc1. The maximum absolute atomic E-state index is 11.9. The van der Waals surface area contributed by atoms with Gasteiger partial charge in [-0.15, -0.1) is 11.3 Å². The van der Waals surface area contributed by atoms with Crippen LogP contribution in [0, 0.1) is 10.1 Å². The van der Waals surface area contributed by atoms with Crippen molar-refractivity contribution in [2.24, 2.45) is 0 Å². The number of non-ortho nitro benzene ring substituents is 1. The summed E-state index contributed by atoms with van der Waals surface area (Å²) in [5.41, 5.74) is 1.45. The molecule has 6 nitrogen and oxygen atoms in total. The van der Waals surface area contributed by atoms with Crippen LogP contribution in [0.15, 0.2) is 52.9 Å². The van der Waals surface area contributed by atoms with Crippen molar-refractivity contribution < 1.29 is 9.72 Å². The van der Waals surface area contributed by atoms with Crippen molar-refractivity contribution in [3.63, 3.8) is 0 Å². The van der Waals surface area contributed by atoms with Gasteiger partial charge in [-0.1, -0.05) is 23.9 Å². The van der Waals surface area contributed by atoms with Gasteiger partial charge in [-0.05, 0) is 24.3 Å². The summed E-state index contributed by atoms with van der Waals surface area (Å²) in [6.45, 7) is 0. The van der Waals surface area contributed by atoms with Crippen LogP contribution in [0.3, 0.4) is 0 Å². The second-order valence-corrected chi connectivity index (χ2v) is 6.84. The van der Waals surface area contributed by atoms with Gasteiger partial charge in [0.1, 0.15) is 0 Å². The molecule has 1 N–H and O–H groups in total. The van der Waals surface area contributed by atoms with Gasteiger partial charge in [-0.2, -0.15) is 0 Å². The molecule has 0 saturated carbocycles. The fourth-order valence-electron chi connectivity index (χ4n) is 1.90. The van der Waals surface area contributed by atoms with E-state index in [1.165, 1.54) is 36.0 Å². The average Bonchev–Trinajstić information content (AvgIpc) is 2.96. The molecule has 0 aliphatic carbocycles. The molecule has 1 amide bonds. The molecule has 0 bridgehead atoms. The number of fused-ring (bicyclic) bond motifs is 1. The molecule has 0 radical (unpaired) electrons. The van der Waals surface area contributed by atoms with Gasteiger partial charge in [0.2, 0.25) is 5.91 Å². The zero-order valence-electron chi connectivity index (χ0n) is 11.8. The number of rotatable bonds is 5. The zero-order chi connectivity index (χ0) is 16.2. The summed E-state index contributed by atoms with van der Waals surface area (Å²) in [7, 11) is 0.